The van der Waals surface area contributed by atoms with Crippen molar-refractivity contribution in [1.82, 2.24) is 0 Å². The highest BCUT2D eigenvalue weighted by molar-refractivity contribution is 9.10. The van der Waals surface area contributed by atoms with Gasteiger partial charge in [0.1, 0.15) is 0 Å². The Labute approximate surface area is 121 Å². The summed E-state index contributed by atoms with van der Waals surface area (Å²) in [5.41, 5.74) is 0.758. The lowest BCUT2D eigenvalue weighted by atomic mass is 9.87. The van der Waals surface area contributed by atoms with E-state index >= 15 is 0 Å². The molecule has 0 heterocycles. The molecule has 0 aliphatic heterocycles. The fourth-order valence-corrected chi connectivity index (χ4v) is 3.01. The van der Waals surface area contributed by atoms with E-state index in [0.717, 1.165) is 30.2 Å². The molecule has 0 aromatic heterocycles. The third-order valence-electron chi connectivity index (χ3n) is 3.87. The molecule has 0 atom stereocenters. The van der Waals surface area contributed by atoms with Crippen molar-refractivity contribution in [3.63, 3.8) is 0 Å². The topological polar surface area (TPSA) is 69.6 Å². The third-order valence-corrected chi connectivity index (χ3v) is 4.36. The van der Waals surface area contributed by atoms with Crippen LogP contribution in [0.1, 0.15) is 36.0 Å². The molecule has 1 aliphatic carbocycles. The molecule has 0 amide bonds. The van der Waals surface area contributed by atoms with E-state index in [1.807, 2.05) is 0 Å². The fourth-order valence-electron chi connectivity index (χ4n) is 2.65. The predicted molar refractivity (Wildman–Crippen MR) is 77.6 cm³/mol. The minimum atomic E-state index is -0.945. The second kappa shape index (κ2) is 5.92. The van der Waals surface area contributed by atoms with Crippen molar-refractivity contribution in [3.8, 4) is 0 Å². The molecule has 1 aromatic rings. The molecule has 1 aliphatic rings. The van der Waals surface area contributed by atoms with Crippen molar-refractivity contribution in [1.29, 1.82) is 0 Å². The van der Waals surface area contributed by atoms with Gasteiger partial charge in [-0.15, -0.1) is 0 Å². The number of aliphatic hydroxyl groups is 1. The Morgan fingerprint density at radius 2 is 2.05 bits per heavy atom. The van der Waals surface area contributed by atoms with Crippen LogP contribution in [0.4, 0.5) is 5.69 Å². The van der Waals surface area contributed by atoms with Gasteiger partial charge >= 0.3 is 5.97 Å². The van der Waals surface area contributed by atoms with Gasteiger partial charge in [0.05, 0.1) is 12.2 Å². The van der Waals surface area contributed by atoms with E-state index in [1.54, 1.807) is 18.2 Å². The number of anilines is 1. The van der Waals surface area contributed by atoms with Crippen molar-refractivity contribution >= 4 is 27.6 Å². The van der Waals surface area contributed by atoms with Crippen LogP contribution < -0.4 is 5.32 Å². The molecular weight excluding hydrogens is 310 g/mol. The number of halogens is 1. The first-order chi connectivity index (χ1) is 9.06. The number of carboxylic acid groups (broad SMARTS) is 1. The Bertz CT molecular complexity index is 470. The average molecular weight is 328 g/mol. The number of benzene rings is 1. The van der Waals surface area contributed by atoms with E-state index in [1.165, 1.54) is 0 Å². The summed E-state index contributed by atoms with van der Waals surface area (Å²) >= 11 is 3.35. The summed E-state index contributed by atoms with van der Waals surface area (Å²) in [5.74, 6) is -0.945. The normalized spacial score (nSPS) is 17.4. The number of carbonyl (C=O) groups is 1. The highest BCUT2D eigenvalue weighted by atomic mass is 79.9. The van der Waals surface area contributed by atoms with Gasteiger partial charge in [-0.1, -0.05) is 28.8 Å². The quantitative estimate of drug-likeness (QED) is 0.777. The fraction of sp³-hybridized carbons (Fsp3) is 0.500. The predicted octanol–water partition coefficient (Wildman–Crippen LogP) is 3.11. The van der Waals surface area contributed by atoms with Crippen LogP contribution in [0.25, 0.3) is 0 Å². The number of nitrogens with one attached hydrogen (secondary N) is 1. The molecule has 0 unspecified atom stereocenters. The molecule has 0 radical (unpaired) electrons. The lowest BCUT2D eigenvalue weighted by Crippen LogP contribution is -2.31. The first kappa shape index (κ1) is 14.3. The van der Waals surface area contributed by atoms with Crippen molar-refractivity contribution < 1.29 is 15.0 Å². The number of hydrogen-bond donors (Lipinski definition) is 3. The number of rotatable bonds is 5. The summed E-state index contributed by atoms with van der Waals surface area (Å²) in [5, 5.41) is 21.9. The Hall–Kier alpha value is -1.07. The number of carboxylic acids is 1. The molecule has 5 heteroatoms. The Balaban J connectivity index is 2.14. The molecule has 1 fully saturated rings. The maximum absolute atomic E-state index is 11.2. The molecule has 0 spiro atoms. The smallest absolute Gasteiger partial charge is 0.337 e. The van der Waals surface area contributed by atoms with Crippen LogP contribution in [0, 0.1) is 5.41 Å². The molecule has 2 rings (SSSR count). The maximum atomic E-state index is 11.2. The largest absolute Gasteiger partial charge is 0.478 e. The summed E-state index contributed by atoms with van der Waals surface area (Å²) in [6.07, 6.45) is 4.25. The first-order valence-electron chi connectivity index (χ1n) is 6.44. The number of hydrogen-bond acceptors (Lipinski definition) is 3. The summed E-state index contributed by atoms with van der Waals surface area (Å²) in [4.78, 5) is 11.2. The maximum Gasteiger partial charge on any atom is 0.337 e. The Morgan fingerprint density at radius 3 is 2.63 bits per heavy atom. The highest BCUT2D eigenvalue weighted by Crippen LogP contribution is 2.38. The minimum absolute atomic E-state index is 0.0991. The van der Waals surface area contributed by atoms with E-state index in [9.17, 15) is 9.90 Å². The minimum Gasteiger partial charge on any atom is -0.478 e. The van der Waals surface area contributed by atoms with Crippen molar-refractivity contribution in [3.05, 3.63) is 28.2 Å². The van der Waals surface area contributed by atoms with Gasteiger partial charge in [0.2, 0.25) is 0 Å². The molecule has 0 bridgehead atoms. The van der Waals surface area contributed by atoms with E-state index in [-0.39, 0.29) is 17.6 Å². The van der Waals surface area contributed by atoms with Crippen LogP contribution >= 0.6 is 15.9 Å². The summed E-state index contributed by atoms with van der Waals surface area (Å²) in [6, 6.07) is 5.06. The van der Waals surface area contributed by atoms with Crippen molar-refractivity contribution in [2.24, 2.45) is 5.41 Å². The standard InChI is InChI=1S/C14H18BrNO3/c15-10-3-4-11(13(18)19)12(7-10)16-8-14(9-17)5-1-2-6-14/h3-4,7,16-17H,1-2,5-6,8-9H2,(H,18,19). The van der Waals surface area contributed by atoms with Crippen LogP contribution in [0.5, 0.6) is 0 Å². The van der Waals surface area contributed by atoms with Crippen LogP contribution in [-0.4, -0.2) is 29.3 Å². The monoisotopic (exact) mass is 327 g/mol. The summed E-state index contributed by atoms with van der Waals surface area (Å²) < 4.78 is 0.837. The zero-order valence-electron chi connectivity index (χ0n) is 10.7. The Kier molecular flexibility index (Phi) is 4.47. The second-order valence-electron chi connectivity index (χ2n) is 5.21. The second-order valence-corrected chi connectivity index (χ2v) is 6.13. The average Bonchev–Trinajstić information content (AvgIpc) is 2.85. The van der Waals surface area contributed by atoms with Gasteiger partial charge in [-0.2, -0.15) is 0 Å². The molecule has 0 saturated heterocycles. The van der Waals surface area contributed by atoms with E-state index in [0.29, 0.717) is 12.2 Å². The number of aromatic carboxylic acids is 1. The van der Waals surface area contributed by atoms with Gasteiger partial charge in [0.25, 0.3) is 0 Å². The lowest BCUT2D eigenvalue weighted by molar-refractivity contribution is 0.0698. The third kappa shape index (κ3) is 3.28. The molecule has 1 saturated carbocycles. The summed E-state index contributed by atoms with van der Waals surface area (Å²) in [6.45, 7) is 0.761. The highest BCUT2D eigenvalue weighted by Gasteiger charge is 2.33. The zero-order chi connectivity index (χ0) is 13.9. The van der Waals surface area contributed by atoms with Gasteiger partial charge in [-0.3, -0.25) is 0 Å². The van der Waals surface area contributed by atoms with Gasteiger partial charge in [0, 0.05) is 22.1 Å². The molecule has 3 N–H and O–H groups in total. The van der Waals surface area contributed by atoms with Crippen LogP contribution in [-0.2, 0) is 0 Å². The molecule has 1 aromatic carbocycles. The van der Waals surface area contributed by atoms with Gasteiger partial charge in [-0.05, 0) is 31.0 Å². The van der Waals surface area contributed by atoms with Gasteiger partial charge < -0.3 is 15.5 Å². The SMILES string of the molecule is O=C(O)c1ccc(Br)cc1NCC1(CO)CCCC1. The lowest BCUT2D eigenvalue weighted by Gasteiger charge is -2.27. The van der Waals surface area contributed by atoms with Gasteiger partial charge in [-0.25, -0.2) is 4.79 Å². The molecule has 19 heavy (non-hydrogen) atoms. The van der Waals surface area contributed by atoms with Crippen LogP contribution in [0.15, 0.2) is 22.7 Å². The Morgan fingerprint density at radius 1 is 1.37 bits per heavy atom. The molecule has 4 nitrogen and oxygen atoms in total. The van der Waals surface area contributed by atoms with E-state index in [2.05, 4.69) is 21.2 Å². The van der Waals surface area contributed by atoms with E-state index < -0.39 is 5.97 Å². The first-order valence-corrected chi connectivity index (χ1v) is 7.23. The zero-order valence-corrected chi connectivity index (χ0v) is 12.2. The molecular formula is C14H18BrNO3. The van der Waals surface area contributed by atoms with Gasteiger partial charge in [0.15, 0.2) is 0 Å². The molecule has 104 valence electrons. The number of aliphatic hydroxyl groups excluding tert-OH is 1. The van der Waals surface area contributed by atoms with Crippen molar-refractivity contribution in [2.45, 2.75) is 25.7 Å². The van der Waals surface area contributed by atoms with Crippen molar-refractivity contribution in [2.75, 3.05) is 18.5 Å². The van der Waals surface area contributed by atoms with E-state index in [4.69, 9.17) is 5.11 Å². The van der Waals surface area contributed by atoms with Crippen LogP contribution in [0.3, 0.4) is 0 Å². The summed E-state index contributed by atoms with van der Waals surface area (Å²) in [7, 11) is 0. The van der Waals surface area contributed by atoms with Crippen LogP contribution in [0.2, 0.25) is 0 Å².